The molecule has 2 aromatic carbocycles. The predicted octanol–water partition coefficient (Wildman–Crippen LogP) is 9.14. The molecule has 1 fully saturated rings. The average Bonchev–Trinajstić information content (AvgIpc) is 3.91. The Hall–Kier alpha value is -5.57. The topological polar surface area (TPSA) is 127 Å². The van der Waals surface area contributed by atoms with E-state index in [1.165, 1.54) is 48.3 Å². The Morgan fingerprint density at radius 1 is 0.630 bits per heavy atom. The third-order valence-corrected chi connectivity index (χ3v) is 9.17. The van der Waals surface area contributed by atoms with Gasteiger partial charge in [0.05, 0.1) is 0 Å². The van der Waals surface area contributed by atoms with Crippen LogP contribution in [0.25, 0.3) is 33.5 Å². The van der Waals surface area contributed by atoms with Crippen LogP contribution in [0.5, 0.6) is 0 Å². The molecule has 0 spiro atoms. The summed E-state index contributed by atoms with van der Waals surface area (Å²) in [6.45, 7) is 0. The fraction of sp³-hybridized carbons (Fsp3) is 0.179. The maximum absolute atomic E-state index is 5.56. The van der Waals surface area contributed by atoms with Gasteiger partial charge in [-0.3, -0.25) is 0 Å². The zero-order chi connectivity index (χ0) is 37.7. The molecule has 0 bridgehead atoms. The lowest BCUT2D eigenvalue weighted by molar-refractivity contribution is 0.896. The molecule has 8 aromatic rings. The Labute approximate surface area is 327 Å². The van der Waals surface area contributed by atoms with Gasteiger partial charge in [-0.1, -0.05) is 115 Å². The van der Waals surface area contributed by atoms with E-state index in [1.54, 1.807) is 35.6 Å². The zero-order valence-corrected chi connectivity index (χ0v) is 32.7. The van der Waals surface area contributed by atoms with Gasteiger partial charge in [0.2, 0.25) is 0 Å². The Morgan fingerprint density at radius 3 is 1.70 bits per heavy atom. The number of anilines is 3. The molecule has 0 aliphatic heterocycles. The van der Waals surface area contributed by atoms with Crippen molar-refractivity contribution >= 4 is 63.9 Å². The minimum Gasteiger partial charge on any atom is -0.373 e. The Morgan fingerprint density at radius 2 is 1.17 bits per heavy atom. The average molecular weight is 775 g/mol. The van der Waals surface area contributed by atoms with Crippen LogP contribution in [0.3, 0.4) is 0 Å². The number of nitrogens with one attached hydrogen (secondary N) is 1. The highest BCUT2D eigenvalue weighted by molar-refractivity contribution is 7.98. The maximum Gasteiger partial charge on any atom is 0.189 e. The van der Waals surface area contributed by atoms with Gasteiger partial charge in [0.25, 0.3) is 0 Å². The molecule has 0 amide bonds. The van der Waals surface area contributed by atoms with Gasteiger partial charge >= 0.3 is 0 Å². The van der Waals surface area contributed by atoms with E-state index in [4.69, 9.17) is 11.6 Å². The van der Waals surface area contributed by atoms with Crippen LogP contribution in [-0.2, 0) is 0 Å². The van der Waals surface area contributed by atoms with Gasteiger partial charge in [-0.2, -0.15) is 19.2 Å². The molecule has 54 heavy (non-hydrogen) atoms. The molecule has 0 atom stereocenters. The number of hydrogen-bond donors (Lipinski definition) is 1. The van der Waals surface area contributed by atoms with Gasteiger partial charge < -0.3 is 10.2 Å². The van der Waals surface area contributed by atoms with Gasteiger partial charge in [0, 0.05) is 26.5 Å². The van der Waals surface area contributed by atoms with Crippen molar-refractivity contribution in [3.05, 3.63) is 127 Å². The maximum atomic E-state index is 5.56. The summed E-state index contributed by atoms with van der Waals surface area (Å²) in [6.07, 6.45) is 14.9. The Kier molecular flexibility index (Phi) is 13.4. The lowest BCUT2D eigenvalue weighted by atomic mass is 10.1. The number of fused-ring (bicyclic) bond motifs is 2. The summed E-state index contributed by atoms with van der Waals surface area (Å²) >= 11 is 8.55. The Bertz CT molecular complexity index is 2380. The minimum atomic E-state index is 0.495. The van der Waals surface area contributed by atoms with Crippen LogP contribution in [0.4, 0.5) is 17.5 Å². The summed E-state index contributed by atoms with van der Waals surface area (Å²) < 4.78 is 3.60. The van der Waals surface area contributed by atoms with Crippen molar-refractivity contribution in [3.63, 3.8) is 0 Å². The molecule has 274 valence electrons. The van der Waals surface area contributed by atoms with Gasteiger partial charge in [0.15, 0.2) is 21.6 Å². The molecule has 0 radical (unpaired) electrons. The van der Waals surface area contributed by atoms with E-state index in [-0.39, 0.29) is 0 Å². The highest BCUT2D eigenvalue weighted by Gasteiger charge is 2.14. The summed E-state index contributed by atoms with van der Waals surface area (Å²) in [4.78, 5) is 27.2. The molecule has 6 aromatic heterocycles. The monoisotopic (exact) mass is 774 g/mol. The van der Waals surface area contributed by atoms with Gasteiger partial charge in [0.1, 0.15) is 35.3 Å². The fourth-order valence-electron chi connectivity index (χ4n) is 4.99. The van der Waals surface area contributed by atoms with Crippen molar-refractivity contribution in [2.75, 3.05) is 36.8 Å². The first-order chi connectivity index (χ1) is 26.5. The van der Waals surface area contributed by atoms with E-state index in [1.807, 2.05) is 90.6 Å². The third kappa shape index (κ3) is 10.1. The first-order valence-electron chi connectivity index (χ1n) is 17.1. The smallest absolute Gasteiger partial charge is 0.189 e. The van der Waals surface area contributed by atoms with Crippen LogP contribution in [0, 0.1) is 0 Å². The van der Waals surface area contributed by atoms with Crippen LogP contribution in [-0.4, -0.2) is 75.7 Å². The second kappa shape index (κ2) is 19.0. The first kappa shape index (κ1) is 38.2. The predicted molar refractivity (Wildman–Crippen MR) is 221 cm³/mol. The number of benzene rings is 2. The third-order valence-electron chi connectivity index (χ3n) is 7.83. The normalized spacial score (nSPS) is 11.4. The second-order valence-electron chi connectivity index (χ2n) is 11.7. The zero-order valence-electron chi connectivity index (χ0n) is 30.3. The van der Waals surface area contributed by atoms with Crippen molar-refractivity contribution in [1.82, 2.24) is 49.1 Å². The summed E-state index contributed by atoms with van der Waals surface area (Å²) in [5.74, 6) is 2.62. The van der Waals surface area contributed by atoms with Crippen molar-refractivity contribution < 1.29 is 0 Å². The van der Waals surface area contributed by atoms with E-state index >= 15 is 0 Å². The molecule has 1 saturated carbocycles. The van der Waals surface area contributed by atoms with E-state index in [2.05, 4.69) is 81.8 Å². The molecule has 6 heterocycles. The number of halogens is 1. The lowest BCUT2D eigenvalue weighted by Gasteiger charge is -2.20. The van der Waals surface area contributed by atoms with Crippen molar-refractivity contribution in [1.29, 1.82) is 0 Å². The lowest BCUT2D eigenvalue weighted by Crippen LogP contribution is -2.16. The van der Waals surface area contributed by atoms with Gasteiger partial charge in [-0.25, -0.2) is 29.9 Å². The van der Waals surface area contributed by atoms with Crippen LogP contribution in [0.15, 0.2) is 132 Å². The standard InChI is InChI=1S/C18H16N6S.C13H12N4.C5H5ClN2S.C3H6/c1-23(15-8-9-19-18(22-15)25-2)17-11-14(13-6-4-3-5-7-13)10-16-20-12-21-24(16)17;1-14-12-7-11(10-5-3-2-4-6-10)8-13-15-9-16-17(12)13;1-9-5-7-3-2-4(6)8-5;1-2-3-1/h3-12H,1-2H3;2-9,14H,1H3;2-3H,1H3;1-3H2. The van der Waals surface area contributed by atoms with Crippen molar-refractivity contribution in [2.24, 2.45) is 0 Å². The minimum absolute atomic E-state index is 0.495. The van der Waals surface area contributed by atoms with Gasteiger partial charge in [-0.15, -0.1) is 0 Å². The molecule has 12 nitrogen and oxygen atoms in total. The SMILES string of the molecule is C1CC1.CNc1cc(-c2ccccc2)cc2ncnn12.CSc1nccc(Cl)n1.CSc1nccc(N(C)c2cc(-c3ccccc3)cc3ncnn23)n1. The van der Waals surface area contributed by atoms with E-state index in [0.29, 0.717) is 10.3 Å². The summed E-state index contributed by atoms with van der Waals surface area (Å²) in [5, 5.41) is 13.6. The Balaban J connectivity index is 0.000000146. The van der Waals surface area contributed by atoms with E-state index < -0.39 is 0 Å². The number of nitrogens with zero attached hydrogens (tertiary/aromatic N) is 11. The molecule has 1 aliphatic rings. The highest BCUT2D eigenvalue weighted by atomic mass is 35.5. The number of hydrogen-bond acceptors (Lipinski definition) is 12. The number of aromatic nitrogens is 10. The van der Waals surface area contributed by atoms with Gasteiger partial charge in [-0.05, 0) is 71.2 Å². The number of rotatable bonds is 7. The molecule has 9 rings (SSSR count). The summed E-state index contributed by atoms with van der Waals surface area (Å²) in [7, 11) is 3.85. The quantitative estimate of drug-likeness (QED) is 0.0943. The first-order valence-corrected chi connectivity index (χ1v) is 19.9. The summed E-state index contributed by atoms with van der Waals surface area (Å²) in [6, 6.07) is 32.3. The van der Waals surface area contributed by atoms with Crippen LogP contribution in [0.1, 0.15) is 19.3 Å². The van der Waals surface area contributed by atoms with E-state index in [9.17, 15) is 0 Å². The highest BCUT2D eigenvalue weighted by Crippen LogP contribution is 2.29. The molecular formula is C39H39ClN12S2. The number of thioether (sulfide) groups is 2. The second-order valence-corrected chi connectivity index (χ2v) is 13.6. The molecular weight excluding hydrogens is 736 g/mol. The van der Waals surface area contributed by atoms with Crippen molar-refractivity contribution in [3.8, 4) is 22.3 Å². The van der Waals surface area contributed by atoms with E-state index in [0.717, 1.165) is 50.6 Å². The molecule has 0 saturated heterocycles. The molecule has 15 heteroatoms. The molecule has 1 N–H and O–H groups in total. The van der Waals surface area contributed by atoms with Crippen LogP contribution >= 0.6 is 35.1 Å². The van der Waals surface area contributed by atoms with Crippen LogP contribution in [0.2, 0.25) is 5.15 Å². The van der Waals surface area contributed by atoms with Crippen LogP contribution < -0.4 is 10.2 Å². The molecule has 1 aliphatic carbocycles. The molecule has 0 unspecified atom stereocenters. The fourth-order valence-corrected chi connectivity index (χ4v) is 5.89. The largest absolute Gasteiger partial charge is 0.373 e. The van der Waals surface area contributed by atoms with Crippen molar-refractivity contribution in [2.45, 2.75) is 29.6 Å². The summed E-state index contributed by atoms with van der Waals surface area (Å²) in [5.41, 5.74) is 6.17. The number of pyridine rings is 2.